The van der Waals surface area contributed by atoms with Gasteiger partial charge in [-0.05, 0) is 35.9 Å². The van der Waals surface area contributed by atoms with Crippen LogP contribution in [0.4, 0.5) is 26.3 Å². The summed E-state index contributed by atoms with van der Waals surface area (Å²) >= 11 is 1.30. The van der Waals surface area contributed by atoms with E-state index in [-0.39, 0.29) is 6.04 Å². The molecule has 0 spiro atoms. The zero-order valence-electron chi connectivity index (χ0n) is 18.7. The summed E-state index contributed by atoms with van der Waals surface area (Å²) in [6.45, 7) is 2.42. The summed E-state index contributed by atoms with van der Waals surface area (Å²) in [5.41, 5.74) is 1.19. The zero-order valence-corrected chi connectivity index (χ0v) is 20.3. The molecule has 2 N–H and O–H groups in total. The molecule has 0 amide bonds. The van der Waals surface area contributed by atoms with E-state index in [0.29, 0.717) is 16.8 Å². The highest BCUT2D eigenvalue weighted by Crippen LogP contribution is 2.37. The molecule has 0 saturated carbocycles. The molecule has 0 radical (unpaired) electrons. The Bertz CT molecular complexity index is 1120. The van der Waals surface area contributed by atoms with Gasteiger partial charge in [-0.15, -0.1) is 11.3 Å². The molecule has 2 aromatic heterocycles. The number of aliphatic carboxylic acids is 2. The number of rotatable bonds is 4. The second-order valence-corrected chi connectivity index (χ2v) is 10.8. The highest BCUT2D eigenvalue weighted by molar-refractivity contribution is 7.91. The Morgan fingerprint density at radius 3 is 2.00 bits per heavy atom. The molecule has 9 nitrogen and oxygen atoms in total. The number of thiophene rings is 1. The van der Waals surface area contributed by atoms with Crippen LogP contribution in [0.15, 0.2) is 46.2 Å². The van der Waals surface area contributed by atoms with E-state index in [1.165, 1.54) is 16.9 Å². The highest BCUT2D eigenvalue weighted by Gasteiger charge is 2.47. The number of halogens is 6. The van der Waals surface area contributed by atoms with E-state index >= 15 is 0 Å². The third-order valence-electron chi connectivity index (χ3n) is 5.29. The van der Waals surface area contributed by atoms with Gasteiger partial charge in [0, 0.05) is 44.1 Å². The summed E-state index contributed by atoms with van der Waals surface area (Å²) < 4.78 is 91.3. The van der Waals surface area contributed by atoms with Gasteiger partial charge < -0.3 is 10.2 Å². The second-order valence-electron chi connectivity index (χ2n) is 7.70. The van der Waals surface area contributed by atoms with E-state index in [9.17, 15) is 34.8 Å². The van der Waals surface area contributed by atoms with Gasteiger partial charge in [0.05, 0.1) is 0 Å². The largest absolute Gasteiger partial charge is 0.490 e. The molecule has 2 aliphatic heterocycles. The number of carboxylic acid groups (broad SMARTS) is 2. The third kappa shape index (κ3) is 8.37. The lowest BCUT2D eigenvalue weighted by molar-refractivity contribution is -0.193. The van der Waals surface area contributed by atoms with Gasteiger partial charge in [0.25, 0.3) is 10.0 Å². The Morgan fingerprint density at radius 2 is 1.54 bits per heavy atom. The lowest BCUT2D eigenvalue weighted by Gasteiger charge is -2.25. The topological polar surface area (TPSA) is 128 Å². The lowest BCUT2D eigenvalue weighted by Crippen LogP contribution is -2.39. The van der Waals surface area contributed by atoms with Gasteiger partial charge in [-0.25, -0.2) is 18.0 Å². The minimum absolute atomic E-state index is 0.110. The van der Waals surface area contributed by atoms with Crippen LogP contribution in [0.1, 0.15) is 18.4 Å². The number of carboxylic acids is 2. The molecule has 0 unspecified atom stereocenters. The van der Waals surface area contributed by atoms with Crippen molar-refractivity contribution in [3.8, 4) is 0 Å². The van der Waals surface area contributed by atoms with Crippen LogP contribution in [0.2, 0.25) is 0 Å². The predicted octanol–water partition coefficient (Wildman–Crippen LogP) is 3.45. The Balaban J connectivity index is 0.000000286. The standard InChI is InChI=1S/C16H19N3O2S2.2C2HF3O2/c20-23(21,16-4-2-10-22-16)19-9-6-14-15(19)5-8-18(14)12-13-3-1-7-17-11-13;2*3-2(4,5)1(6)7/h1-4,7,10-11,14-15H,5-6,8-9,12H2;2*(H,6,7)/t14-,15+;;/m0../s1. The van der Waals surface area contributed by atoms with E-state index in [0.717, 1.165) is 25.9 Å². The monoisotopic (exact) mass is 577 g/mol. The molecule has 17 heteroatoms. The van der Waals surface area contributed by atoms with E-state index in [2.05, 4.69) is 16.0 Å². The lowest BCUT2D eigenvalue weighted by atomic mass is 10.1. The molecule has 0 bridgehead atoms. The van der Waals surface area contributed by atoms with Crippen LogP contribution in [0.5, 0.6) is 0 Å². The summed E-state index contributed by atoms with van der Waals surface area (Å²) in [6.07, 6.45) is -4.67. The molecule has 2 saturated heterocycles. The third-order valence-corrected chi connectivity index (χ3v) is 8.59. The van der Waals surface area contributed by atoms with E-state index in [1.54, 1.807) is 22.6 Å². The molecule has 4 heterocycles. The Labute approximate surface area is 211 Å². The van der Waals surface area contributed by atoms with Gasteiger partial charge in [-0.2, -0.15) is 30.6 Å². The summed E-state index contributed by atoms with van der Waals surface area (Å²) in [4.78, 5) is 24.4. The van der Waals surface area contributed by atoms with Crippen molar-refractivity contribution < 1.29 is 54.6 Å². The molecule has 37 heavy (non-hydrogen) atoms. The number of fused-ring (bicyclic) bond motifs is 1. The van der Waals surface area contributed by atoms with Crippen molar-refractivity contribution in [1.82, 2.24) is 14.2 Å². The summed E-state index contributed by atoms with van der Waals surface area (Å²) in [5.74, 6) is -5.51. The highest BCUT2D eigenvalue weighted by atomic mass is 32.2. The molecular formula is C20H21F6N3O6S2. The first-order valence-corrected chi connectivity index (χ1v) is 12.7. The summed E-state index contributed by atoms with van der Waals surface area (Å²) in [5, 5.41) is 16.1. The number of alkyl halides is 6. The molecule has 0 aliphatic carbocycles. The fraction of sp³-hybridized carbons (Fsp3) is 0.450. The molecule has 2 aromatic rings. The van der Waals surface area contributed by atoms with Crippen LogP contribution in [-0.4, -0.2) is 82.3 Å². The molecule has 2 atom stereocenters. The Morgan fingerprint density at radius 1 is 0.973 bits per heavy atom. The Hall–Kier alpha value is -2.76. The SMILES string of the molecule is O=C(O)C(F)(F)F.O=C(O)C(F)(F)F.O=S(=O)(c1cccs1)N1CC[C@H]2[C@H]1CCN2Cc1cccnc1. The number of aromatic nitrogens is 1. The Kier molecular flexibility index (Phi) is 10.0. The van der Waals surface area contributed by atoms with Gasteiger partial charge in [-0.1, -0.05) is 12.1 Å². The van der Waals surface area contributed by atoms with Crippen LogP contribution in [-0.2, 0) is 26.2 Å². The van der Waals surface area contributed by atoms with Crippen molar-refractivity contribution in [3.05, 3.63) is 47.6 Å². The van der Waals surface area contributed by atoms with E-state index in [4.69, 9.17) is 19.8 Å². The first kappa shape index (κ1) is 30.5. The number of pyridine rings is 1. The number of sulfonamides is 1. The minimum atomic E-state index is -5.08. The van der Waals surface area contributed by atoms with E-state index < -0.39 is 34.3 Å². The molecule has 0 aromatic carbocycles. The number of hydrogen-bond acceptors (Lipinski definition) is 7. The second kappa shape index (κ2) is 12.2. The average molecular weight is 578 g/mol. The first-order chi connectivity index (χ1) is 17.0. The van der Waals surface area contributed by atoms with Crippen molar-refractivity contribution in [1.29, 1.82) is 0 Å². The number of hydrogen-bond donors (Lipinski definition) is 2. The van der Waals surface area contributed by atoms with Crippen LogP contribution >= 0.6 is 11.3 Å². The van der Waals surface area contributed by atoms with Gasteiger partial charge in [0.2, 0.25) is 0 Å². The van der Waals surface area contributed by atoms with Crippen molar-refractivity contribution >= 4 is 33.3 Å². The number of nitrogens with zero attached hydrogens (tertiary/aromatic N) is 3. The molecule has 206 valence electrons. The fourth-order valence-electron chi connectivity index (χ4n) is 3.78. The van der Waals surface area contributed by atoms with Crippen LogP contribution < -0.4 is 0 Å². The van der Waals surface area contributed by atoms with Gasteiger partial charge in [0.1, 0.15) is 4.21 Å². The van der Waals surface area contributed by atoms with Crippen molar-refractivity contribution in [2.24, 2.45) is 0 Å². The maximum atomic E-state index is 12.8. The number of carbonyl (C=O) groups is 2. The van der Waals surface area contributed by atoms with Crippen molar-refractivity contribution in [3.63, 3.8) is 0 Å². The van der Waals surface area contributed by atoms with Crippen LogP contribution in [0.25, 0.3) is 0 Å². The minimum Gasteiger partial charge on any atom is -0.475 e. The average Bonchev–Trinajstić information content (AvgIpc) is 3.54. The maximum absolute atomic E-state index is 12.8. The number of likely N-dealkylation sites (tertiary alicyclic amines) is 1. The first-order valence-electron chi connectivity index (χ1n) is 10.3. The smallest absolute Gasteiger partial charge is 0.475 e. The molecule has 2 fully saturated rings. The maximum Gasteiger partial charge on any atom is 0.490 e. The van der Waals surface area contributed by atoms with Gasteiger partial charge in [-0.3, -0.25) is 9.88 Å². The molecule has 2 aliphatic rings. The van der Waals surface area contributed by atoms with Gasteiger partial charge in [0.15, 0.2) is 0 Å². The predicted molar refractivity (Wildman–Crippen MR) is 117 cm³/mol. The van der Waals surface area contributed by atoms with Crippen molar-refractivity contribution in [2.45, 2.75) is 48.0 Å². The fourth-order valence-corrected chi connectivity index (χ4v) is 6.60. The molecule has 4 rings (SSSR count). The normalized spacial score (nSPS) is 20.3. The zero-order chi connectivity index (χ0) is 28.0. The van der Waals surface area contributed by atoms with Gasteiger partial charge >= 0.3 is 24.3 Å². The van der Waals surface area contributed by atoms with E-state index in [1.807, 2.05) is 17.6 Å². The van der Waals surface area contributed by atoms with Crippen LogP contribution in [0.3, 0.4) is 0 Å². The summed E-state index contributed by atoms with van der Waals surface area (Å²) in [7, 11) is -3.33. The molecular weight excluding hydrogens is 556 g/mol. The quantitative estimate of drug-likeness (QED) is 0.529. The van der Waals surface area contributed by atoms with Crippen LogP contribution in [0, 0.1) is 0 Å². The van der Waals surface area contributed by atoms with Crippen molar-refractivity contribution in [2.75, 3.05) is 13.1 Å². The summed E-state index contributed by atoms with van der Waals surface area (Å²) in [6, 6.07) is 7.97.